The van der Waals surface area contributed by atoms with Crippen LogP contribution in [-0.2, 0) is 4.79 Å². The summed E-state index contributed by atoms with van der Waals surface area (Å²) < 4.78 is 21.6. The predicted octanol–water partition coefficient (Wildman–Crippen LogP) is 6.32. The van der Waals surface area contributed by atoms with Gasteiger partial charge in [-0.25, -0.2) is 9.37 Å². The Morgan fingerprint density at radius 2 is 1.97 bits per heavy atom. The molecule has 1 N–H and O–H groups in total. The molecule has 0 spiro atoms. The molecule has 1 aromatic heterocycles. The van der Waals surface area contributed by atoms with Gasteiger partial charge in [0.15, 0.2) is 6.61 Å². The van der Waals surface area contributed by atoms with Gasteiger partial charge in [-0.05, 0) is 95.2 Å². The van der Waals surface area contributed by atoms with E-state index in [1.165, 1.54) is 28.9 Å². The molecule has 0 unspecified atom stereocenters. The summed E-state index contributed by atoms with van der Waals surface area (Å²) in [6, 6.07) is 16.3. The Bertz CT molecular complexity index is 1540. The lowest BCUT2D eigenvalue weighted by Gasteiger charge is -2.14. The highest BCUT2D eigenvalue weighted by atomic mass is 127. The normalized spacial score (nSPS) is 12.1. The maximum absolute atomic E-state index is 13.3. The number of hydrogen-bond donors (Lipinski definition) is 1. The number of amides is 1. The van der Waals surface area contributed by atoms with Gasteiger partial charge in [0.2, 0.25) is 0 Å². The van der Waals surface area contributed by atoms with Crippen molar-refractivity contribution in [1.29, 1.82) is 0 Å². The van der Waals surface area contributed by atoms with Crippen LogP contribution >= 0.6 is 38.5 Å². The third kappa shape index (κ3) is 6.61. The van der Waals surface area contributed by atoms with Crippen LogP contribution in [0.1, 0.15) is 37.6 Å². The van der Waals surface area contributed by atoms with Crippen molar-refractivity contribution in [3.05, 3.63) is 96.3 Å². The van der Waals surface area contributed by atoms with Gasteiger partial charge in [-0.2, -0.15) is 9.78 Å². The molecule has 190 valence electrons. The summed E-state index contributed by atoms with van der Waals surface area (Å²) in [5.41, 5.74) is 1.64. The van der Waals surface area contributed by atoms with E-state index >= 15 is 0 Å². The van der Waals surface area contributed by atoms with Gasteiger partial charge in [-0.1, -0.05) is 29.8 Å². The van der Waals surface area contributed by atoms with E-state index in [0.29, 0.717) is 28.2 Å². The molecule has 0 aliphatic heterocycles. The minimum Gasteiger partial charge on any atom is -0.483 e. The highest BCUT2D eigenvalue weighted by Gasteiger charge is 2.16. The number of fused-ring (bicyclic) bond motifs is 1. The average Bonchev–Trinajstić information content (AvgIpc) is 2.88. The van der Waals surface area contributed by atoms with E-state index in [0.717, 1.165) is 20.0 Å². The Kier molecular flexibility index (Phi) is 8.70. The molecule has 0 bridgehead atoms. The zero-order valence-electron chi connectivity index (χ0n) is 20.0. The molecular weight excluding hydrogens is 654 g/mol. The Morgan fingerprint density at radius 1 is 1.22 bits per heavy atom. The van der Waals surface area contributed by atoms with Crippen LogP contribution < -0.4 is 15.6 Å². The number of carbonyl (C=O) groups excluding carboxylic acids is 1. The van der Waals surface area contributed by atoms with Crippen molar-refractivity contribution in [2.75, 3.05) is 11.9 Å². The van der Waals surface area contributed by atoms with Crippen LogP contribution in [0.25, 0.3) is 10.9 Å². The molecule has 0 fully saturated rings. The predicted molar refractivity (Wildman–Crippen MR) is 155 cm³/mol. The van der Waals surface area contributed by atoms with Crippen LogP contribution in [0, 0.1) is 9.39 Å². The van der Waals surface area contributed by atoms with Crippen LogP contribution in [0.3, 0.4) is 0 Å². The molecule has 10 heteroatoms. The molecule has 3 aromatic carbocycles. The number of nitrogens with zero attached hydrogens (tertiary/aromatic N) is 3. The molecule has 1 heterocycles. The number of ether oxygens (including phenoxy) is 1. The fourth-order valence-electron chi connectivity index (χ4n) is 3.49. The maximum Gasteiger partial charge on any atom is 0.282 e. The number of hydrogen-bond acceptors (Lipinski definition) is 5. The molecule has 7 nitrogen and oxygen atoms in total. The lowest BCUT2D eigenvalue weighted by atomic mass is 10.1. The number of anilines is 1. The summed E-state index contributed by atoms with van der Waals surface area (Å²) >= 11 is 5.53. The second-order valence-corrected chi connectivity index (χ2v) is 10.4. The number of halogens is 3. The van der Waals surface area contributed by atoms with Crippen LogP contribution in [-0.4, -0.2) is 28.4 Å². The highest BCUT2D eigenvalue weighted by molar-refractivity contribution is 14.1. The number of carbonyl (C=O) groups is 1. The SMILES string of the molecule is CC[C@H](C)c1nc2ccc(Br)cc2c(=O)n1N=Cc1ccc(OCC(=O)Nc2ccc(F)cc2)c(I)c1. The molecule has 0 radical (unpaired) electrons. The first kappa shape index (κ1) is 26.9. The smallest absolute Gasteiger partial charge is 0.282 e. The monoisotopic (exact) mass is 676 g/mol. The van der Waals surface area contributed by atoms with E-state index in [9.17, 15) is 14.0 Å². The molecule has 0 saturated heterocycles. The van der Waals surface area contributed by atoms with E-state index in [-0.39, 0.29) is 29.8 Å². The molecule has 0 saturated carbocycles. The summed E-state index contributed by atoms with van der Waals surface area (Å²) in [4.78, 5) is 30.2. The van der Waals surface area contributed by atoms with E-state index in [4.69, 9.17) is 9.72 Å². The van der Waals surface area contributed by atoms with Crippen molar-refractivity contribution in [2.45, 2.75) is 26.2 Å². The van der Waals surface area contributed by atoms with Gasteiger partial charge in [-0.15, -0.1) is 0 Å². The van der Waals surface area contributed by atoms with E-state index in [1.807, 2.05) is 32.0 Å². The Morgan fingerprint density at radius 3 is 2.68 bits per heavy atom. The summed E-state index contributed by atoms with van der Waals surface area (Å²) in [6.07, 6.45) is 2.41. The van der Waals surface area contributed by atoms with Gasteiger partial charge in [-0.3, -0.25) is 9.59 Å². The van der Waals surface area contributed by atoms with Crippen LogP contribution in [0.5, 0.6) is 5.75 Å². The van der Waals surface area contributed by atoms with Gasteiger partial charge >= 0.3 is 0 Å². The zero-order chi connectivity index (χ0) is 26.5. The fourth-order valence-corrected chi connectivity index (χ4v) is 4.55. The second-order valence-electron chi connectivity index (χ2n) is 8.34. The topological polar surface area (TPSA) is 85.6 Å². The van der Waals surface area contributed by atoms with E-state index in [2.05, 4.69) is 48.9 Å². The summed E-state index contributed by atoms with van der Waals surface area (Å²) in [5, 5.41) is 7.63. The molecular formula is C27H23BrFIN4O3. The van der Waals surface area contributed by atoms with Gasteiger partial charge in [0.05, 0.1) is 20.7 Å². The summed E-state index contributed by atoms with van der Waals surface area (Å²) in [7, 11) is 0. The number of benzene rings is 3. The first-order chi connectivity index (χ1) is 17.7. The van der Waals surface area contributed by atoms with Crippen molar-refractivity contribution in [3.8, 4) is 5.75 Å². The molecule has 0 aliphatic carbocycles. The summed E-state index contributed by atoms with van der Waals surface area (Å²) in [6.45, 7) is 3.85. The molecule has 4 rings (SSSR count). The quantitative estimate of drug-likeness (QED) is 0.175. The van der Waals surface area contributed by atoms with Crippen molar-refractivity contribution in [3.63, 3.8) is 0 Å². The third-order valence-electron chi connectivity index (χ3n) is 5.65. The number of nitrogens with one attached hydrogen (secondary N) is 1. The van der Waals surface area contributed by atoms with Crippen molar-refractivity contribution >= 4 is 67.2 Å². The number of aromatic nitrogens is 2. The Labute approximate surface area is 235 Å². The van der Waals surface area contributed by atoms with Crippen LogP contribution in [0.2, 0.25) is 0 Å². The zero-order valence-corrected chi connectivity index (χ0v) is 23.8. The Balaban J connectivity index is 1.52. The molecule has 37 heavy (non-hydrogen) atoms. The molecule has 1 amide bonds. The molecule has 0 aliphatic rings. The first-order valence-corrected chi connectivity index (χ1v) is 13.4. The number of rotatable bonds is 8. The fraction of sp³-hybridized carbons (Fsp3) is 0.185. The second kappa shape index (κ2) is 12.0. The van der Waals surface area contributed by atoms with Crippen molar-refractivity contribution in [1.82, 2.24) is 9.66 Å². The van der Waals surface area contributed by atoms with E-state index in [1.54, 1.807) is 24.4 Å². The van der Waals surface area contributed by atoms with Gasteiger partial charge < -0.3 is 10.1 Å². The first-order valence-electron chi connectivity index (χ1n) is 11.5. The molecule has 4 aromatic rings. The lowest BCUT2D eigenvalue weighted by molar-refractivity contribution is -0.118. The maximum atomic E-state index is 13.3. The lowest BCUT2D eigenvalue weighted by Crippen LogP contribution is -2.23. The minimum atomic E-state index is -0.377. The highest BCUT2D eigenvalue weighted by Crippen LogP contribution is 2.23. The average molecular weight is 677 g/mol. The van der Waals surface area contributed by atoms with Crippen molar-refractivity contribution in [2.24, 2.45) is 5.10 Å². The van der Waals surface area contributed by atoms with Crippen molar-refractivity contribution < 1.29 is 13.9 Å². The van der Waals surface area contributed by atoms with Crippen LogP contribution in [0.4, 0.5) is 10.1 Å². The van der Waals surface area contributed by atoms with Gasteiger partial charge in [0.25, 0.3) is 11.5 Å². The Hall–Kier alpha value is -3.12. The van der Waals surface area contributed by atoms with Gasteiger partial charge in [0, 0.05) is 16.1 Å². The van der Waals surface area contributed by atoms with Gasteiger partial charge in [0.1, 0.15) is 17.4 Å². The van der Waals surface area contributed by atoms with E-state index < -0.39 is 0 Å². The molecule has 1 atom stereocenters. The van der Waals surface area contributed by atoms with Crippen LogP contribution in [0.15, 0.2) is 75.0 Å². The summed E-state index contributed by atoms with van der Waals surface area (Å²) in [5.74, 6) is 0.427. The minimum absolute atomic E-state index is 0.0369. The largest absolute Gasteiger partial charge is 0.483 e. The third-order valence-corrected chi connectivity index (χ3v) is 6.99. The standard InChI is InChI=1S/C27H23BrFIN4O3/c1-3-16(2)26-33-23-10-5-18(28)13-21(23)27(36)34(26)31-14-17-4-11-24(22(30)12-17)37-15-25(35)32-20-8-6-19(29)7-9-20/h4-14,16H,3,15H2,1-2H3,(H,32,35)/t16-/m0/s1.